The number of amides is 1. The van der Waals surface area contributed by atoms with Crippen LogP contribution in [0.15, 0.2) is 54.7 Å². The van der Waals surface area contributed by atoms with Crippen LogP contribution in [0.2, 0.25) is 5.02 Å². The summed E-state index contributed by atoms with van der Waals surface area (Å²) in [6.45, 7) is 7.27. The summed E-state index contributed by atoms with van der Waals surface area (Å²) in [6.07, 6.45) is 1.40. The second-order valence-electron chi connectivity index (χ2n) is 8.22. The van der Waals surface area contributed by atoms with Crippen LogP contribution >= 0.6 is 11.6 Å². The molecule has 0 fully saturated rings. The molecule has 0 unspecified atom stereocenters. The van der Waals surface area contributed by atoms with Crippen molar-refractivity contribution in [2.24, 2.45) is 0 Å². The highest BCUT2D eigenvalue weighted by atomic mass is 35.5. The minimum Gasteiger partial charge on any atom is -0.478 e. The summed E-state index contributed by atoms with van der Waals surface area (Å²) in [6, 6.07) is 16.7. The first kappa shape index (κ1) is 22.3. The monoisotopic (exact) mass is 459 g/mol. The van der Waals surface area contributed by atoms with Gasteiger partial charge in [-0.15, -0.1) is 0 Å². The Labute approximate surface area is 196 Å². The zero-order valence-corrected chi connectivity index (χ0v) is 19.4. The molecule has 0 atom stereocenters. The summed E-state index contributed by atoms with van der Waals surface area (Å²) in [5, 5.41) is 18.3. The molecule has 0 aliphatic rings. The SMILES string of the molecule is Cc1cc(-n2ncc(C#N)c2NC(=O)C(C)(C)Oc2ccc(Cl)cc2)nc2c(C)cccc12. The van der Waals surface area contributed by atoms with Gasteiger partial charge >= 0.3 is 0 Å². The van der Waals surface area contributed by atoms with E-state index in [-0.39, 0.29) is 11.4 Å². The minimum absolute atomic E-state index is 0.218. The van der Waals surface area contributed by atoms with Crippen LogP contribution in [-0.2, 0) is 4.79 Å². The fourth-order valence-corrected chi connectivity index (χ4v) is 3.60. The molecule has 0 aliphatic heterocycles. The fraction of sp³-hybridized carbons (Fsp3) is 0.200. The lowest BCUT2D eigenvalue weighted by atomic mass is 10.1. The zero-order chi connectivity index (χ0) is 23.8. The molecule has 0 saturated carbocycles. The van der Waals surface area contributed by atoms with Gasteiger partial charge in [0, 0.05) is 10.4 Å². The maximum atomic E-state index is 13.2. The number of aromatic nitrogens is 3. The van der Waals surface area contributed by atoms with Gasteiger partial charge in [-0.2, -0.15) is 15.0 Å². The van der Waals surface area contributed by atoms with Gasteiger partial charge in [-0.05, 0) is 69.2 Å². The quantitative estimate of drug-likeness (QED) is 0.433. The first-order valence-electron chi connectivity index (χ1n) is 10.3. The predicted molar refractivity (Wildman–Crippen MR) is 128 cm³/mol. The van der Waals surface area contributed by atoms with Gasteiger partial charge < -0.3 is 10.1 Å². The Morgan fingerprint density at radius 1 is 1.15 bits per heavy atom. The third-order valence-electron chi connectivity index (χ3n) is 5.31. The van der Waals surface area contributed by atoms with Gasteiger partial charge in [0.05, 0.1) is 11.7 Å². The van der Waals surface area contributed by atoms with E-state index < -0.39 is 11.5 Å². The molecule has 7 nitrogen and oxygen atoms in total. The van der Waals surface area contributed by atoms with Crippen LogP contribution in [0.3, 0.4) is 0 Å². The number of benzene rings is 2. The van der Waals surface area contributed by atoms with Crippen molar-refractivity contribution in [1.29, 1.82) is 5.26 Å². The standard InChI is InChI=1S/C25H22ClN5O2/c1-15-6-5-7-20-16(2)12-21(29-22(15)20)31-23(17(13-27)14-28-31)30-24(32)25(3,4)33-19-10-8-18(26)9-11-19/h5-12,14H,1-4H3,(H,30,32). The second-order valence-corrected chi connectivity index (χ2v) is 8.66. The number of aryl methyl sites for hydroxylation is 2. The number of nitrogens with one attached hydrogen (secondary N) is 1. The first-order chi connectivity index (χ1) is 15.7. The molecule has 2 aromatic heterocycles. The van der Waals surface area contributed by atoms with Gasteiger partial charge in [0.2, 0.25) is 0 Å². The number of nitrogens with zero attached hydrogens (tertiary/aromatic N) is 4. The predicted octanol–water partition coefficient (Wildman–Crippen LogP) is 5.36. The average Bonchev–Trinajstić information content (AvgIpc) is 3.18. The van der Waals surface area contributed by atoms with Crippen molar-refractivity contribution in [3.63, 3.8) is 0 Å². The number of para-hydroxylation sites is 1. The Kier molecular flexibility index (Phi) is 5.79. The number of halogens is 1. The summed E-state index contributed by atoms with van der Waals surface area (Å²) >= 11 is 5.93. The molecule has 4 rings (SSSR count). The van der Waals surface area contributed by atoms with Crippen LogP contribution in [-0.4, -0.2) is 26.3 Å². The number of rotatable bonds is 5. The number of anilines is 1. The van der Waals surface area contributed by atoms with E-state index >= 15 is 0 Å². The molecule has 2 aromatic carbocycles. The van der Waals surface area contributed by atoms with Crippen LogP contribution < -0.4 is 10.1 Å². The van der Waals surface area contributed by atoms with Gasteiger partial charge in [-0.1, -0.05) is 29.8 Å². The first-order valence-corrected chi connectivity index (χ1v) is 10.7. The van der Waals surface area contributed by atoms with E-state index in [1.54, 1.807) is 38.1 Å². The minimum atomic E-state index is -1.24. The van der Waals surface area contributed by atoms with Crippen molar-refractivity contribution in [2.75, 3.05) is 5.32 Å². The zero-order valence-electron chi connectivity index (χ0n) is 18.7. The molecule has 1 N–H and O–H groups in total. The molecule has 166 valence electrons. The van der Waals surface area contributed by atoms with Gasteiger partial charge in [-0.3, -0.25) is 4.79 Å². The molecule has 2 heterocycles. The maximum Gasteiger partial charge on any atom is 0.269 e. The molecule has 0 spiro atoms. The summed E-state index contributed by atoms with van der Waals surface area (Å²) in [5.74, 6) is 0.790. The van der Waals surface area contributed by atoms with E-state index in [2.05, 4.69) is 16.5 Å². The Hall–Kier alpha value is -3.89. The van der Waals surface area contributed by atoms with Crippen molar-refractivity contribution >= 4 is 34.2 Å². The number of nitriles is 1. The number of pyridine rings is 1. The van der Waals surface area contributed by atoms with Gasteiger partial charge in [0.25, 0.3) is 5.91 Å². The third-order valence-corrected chi connectivity index (χ3v) is 5.56. The molecular weight excluding hydrogens is 438 g/mol. The van der Waals surface area contributed by atoms with Crippen molar-refractivity contribution < 1.29 is 9.53 Å². The molecule has 0 radical (unpaired) electrons. The fourth-order valence-electron chi connectivity index (χ4n) is 3.48. The summed E-state index contributed by atoms with van der Waals surface area (Å²) < 4.78 is 7.35. The highest BCUT2D eigenvalue weighted by molar-refractivity contribution is 6.30. The van der Waals surface area contributed by atoms with Gasteiger partial charge in [0.15, 0.2) is 17.2 Å². The number of carbonyl (C=O) groups excluding carboxylic acids is 1. The van der Waals surface area contributed by atoms with Gasteiger partial charge in [-0.25, -0.2) is 4.98 Å². The number of carbonyl (C=O) groups is 1. The number of fused-ring (bicyclic) bond motifs is 1. The molecule has 0 saturated heterocycles. The van der Waals surface area contributed by atoms with Crippen molar-refractivity contribution in [3.05, 3.63) is 76.4 Å². The lowest BCUT2D eigenvalue weighted by Gasteiger charge is -2.25. The number of hydrogen-bond donors (Lipinski definition) is 1. The lowest BCUT2D eigenvalue weighted by molar-refractivity contribution is -0.128. The summed E-state index contributed by atoms with van der Waals surface area (Å²) in [4.78, 5) is 17.9. The second kappa shape index (κ2) is 8.57. The Morgan fingerprint density at radius 2 is 1.88 bits per heavy atom. The molecule has 1 amide bonds. The van der Waals surface area contributed by atoms with Crippen molar-refractivity contribution in [1.82, 2.24) is 14.8 Å². The van der Waals surface area contributed by atoms with Gasteiger partial charge in [0.1, 0.15) is 17.4 Å². The molecule has 33 heavy (non-hydrogen) atoms. The molecule has 0 aliphatic carbocycles. The highest BCUT2D eigenvalue weighted by Gasteiger charge is 2.32. The van der Waals surface area contributed by atoms with E-state index in [1.165, 1.54) is 10.9 Å². The smallest absolute Gasteiger partial charge is 0.269 e. The van der Waals surface area contributed by atoms with Crippen molar-refractivity contribution in [3.8, 4) is 17.6 Å². The van der Waals surface area contributed by atoms with Crippen molar-refractivity contribution in [2.45, 2.75) is 33.3 Å². The maximum absolute atomic E-state index is 13.2. The normalized spacial score (nSPS) is 11.3. The van der Waals surface area contributed by atoms with Crippen LogP contribution in [0.25, 0.3) is 16.7 Å². The van der Waals surface area contributed by atoms with E-state index in [1.807, 2.05) is 38.1 Å². The topological polar surface area (TPSA) is 92.8 Å². The highest BCUT2D eigenvalue weighted by Crippen LogP contribution is 2.27. The summed E-state index contributed by atoms with van der Waals surface area (Å²) in [5.41, 5.74) is 1.85. The van der Waals surface area contributed by atoms with Crippen LogP contribution in [0, 0.1) is 25.2 Å². The summed E-state index contributed by atoms with van der Waals surface area (Å²) in [7, 11) is 0. The number of ether oxygens (including phenoxy) is 1. The molecule has 4 aromatic rings. The molecule has 0 bridgehead atoms. The van der Waals surface area contributed by atoms with E-state index in [4.69, 9.17) is 21.3 Å². The molecule has 8 heteroatoms. The van der Waals surface area contributed by atoms with Crippen LogP contribution in [0.1, 0.15) is 30.5 Å². The Balaban J connectivity index is 1.70. The average molecular weight is 460 g/mol. The Morgan fingerprint density at radius 3 is 2.58 bits per heavy atom. The van der Waals surface area contributed by atoms with E-state index in [0.29, 0.717) is 16.6 Å². The van der Waals surface area contributed by atoms with E-state index in [9.17, 15) is 10.1 Å². The van der Waals surface area contributed by atoms with Crippen LogP contribution in [0.5, 0.6) is 5.75 Å². The van der Waals surface area contributed by atoms with Crippen LogP contribution in [0.4, 0.5) is 5.82 Å². The lowest BCUT2D eigenvalue weighted by Crippen LogP contribution is -2.43. The Bertz CT molecular complexity index is 1400. The third kappa shape index (κ3) is 4.38. The van der Waals surface area contributed by atoms with E-state index in [0.717, 1.165) is 22.0 Å². The number of hydrogen-bond acceptors (Lipinski definition) is 5. The molecular formula is C25H22ClN5O2. The largest absolute Gasteiger partial charge is 0.478 e.